The Morgan fingerprint density at radius 1 is 1.12 bits per heavy atom. The second-order valence-electron chi connectivity index (χ2n) is 3.77. The molecular formula is C13H21NO3. The molecule has 0 aliphatic carbocycles. The van der Waals surface area contributed by atoms with Crippen LogP contribution >= 0.6 is 0 Å². The number of para-hydroxylation sites is 1. The van der Waals surface area contributed by atoms with E-state index in [1.54, 1.807) is 14.2 Å². The topological polar surface area (TPSA) is 30.9 Å². The highest BCUT2D eigenvalue weighted by Crippen LogP contribution is 2.08. The highest BCUT2D eigenvalue weighted by molar-refractivity contribution is 5.20. The van der Waals surface area contributed by atoms with Gasteiger partial charge in [0.2, 0.25) is 6.41 Å². The normalized spacial score (nSPS) is 11.1. The molecular weight excluding hydrogens is 218 g/mol. The minimum atomic E-state index is -0.285. The van der Waals surface area contributed by atoms with E-state index in [1.807, 2.05) is 42.3 Å². The van der Waals surface area contributed by atoms with Crippen LogP contribution in [-0.2, 0) is 9.47 Å². The van der Waals surface area contributed by atoms with Crippen molar-refractivity contribution in [3.8, 4) is 5.75 Å². The lowest BCUT2D eigenvalue weighted by Gasteiger charge is -2.24. The Hall–Kier alpha value is -1.10. The van der Waals surface area contributed by atoms with Crippen molar-refractivity contribution >= 4 is 0 Å². The molecule has 17 heavy (non-hydrogen) atoms. The van der Waals surface area contributed by atoms with Crippen LogP contribution in [0, 0.1) is 0 Å². The summed E-state index contributed by atoms with van der Waals surface area (Å²) >= 11 is 0. The predicted octanol–water partition coefficient (Wildman–Crippen LogP) is 1.96. The van der Waals surface area contributed by atoms with Gasteiger partial charge in [0.1, 0.15) is 5.75 Å². The molecule has 4 heteroatoms. The van der Waals surface area contributed by atoms with E-state index >= 15 is 0 Å². The Morgan fingerprint density at radius 2 is 1.76 bits per heavy atom. The van der Waals surface area contributed by atoms with Crippen LogP contribution in [-0.4, -0.2) is 45.7 Å². The first-order valence-corrected chi connectivity index (χ1v) is 5.71. The Labute approximate surface area is 103 Å². The lowest BCUT2D eigenvalue weighted by Crippen LogP contribution is -2.35. The van der Waals surface area contributed by atoms with Crippen LogP contribution < -0.4 is 4.74 Å². The predicted molar refractivity (Wildman–Crippen MR) is 67.0 cm³/mol. The second kappa shape index (κ2) is 8.06. The number of hydrogen-bond donors (Lipinski definition) is 0. The monoisotopic (exact) mass is 239 g/mol. The van der Waals surface area contributed by atoms with Crippen LogP contribution in [0.25, 0.3) is 0 Å². The number of methoxy groups -OCH3 is 2. The summed E-state index contributed by atoms with van der Waals surface area (Å²) in [6, 6.07) is 9.82. The lowest BCUT2D eigenvalue weighted by atomic mass is 10.3. The van der Waals surface area contributed by atoms with Crippen molar-refractivity contribution in [3.63, 3.8) is 0 Å². The Balaban J connectivity index is 2.16. The molecule has 0 aliphatic rings. The van der Waals surface area contributed by atoms with Gasteiger partial charge < -0.3 is 14.2 Å². The van der Waals surface area contributed by atoms with Crippen molar-refractivity contribution in [2.45, 2.75) is 12.8 Å². The number of rotatable bonds is 8. The van der Waals surface area contributed by atoms with E-state index in [1.165, 1.54) is 0 Å². The summed E-state index contributed by atoms with van der Waals surface area (Å²) in [7, 11) is 5.22. The second-order valence-corrected chi connectivity index (χ2v) is 3.77. The molecule has 0 bridgehead atoms. The molecule has 1 rings (SSSR count). The molecule has 0 heterocycles. The van der Waals surface area contributed by atoms with E-state index < -0.39 is 0 Å². The smallest absolute Gasteiger partial charge is 0.217 e. The molecule has 0 aromatic heterocycles. The minimum absolute atomic E-state index is 0.285. The summed E-state index contributed by atoms with van der Waals surface area (Å²) in [4.78, 5) is 1.99. The summed E-state index contributed by atoms with van der Waals surface area (Å²) < 4.78 is 15.9. The van der Waals surface area contributed by atoms with E-state index in [2.05, 4.69) is 0 Å². The van der Waals surface area contributed by atoms with Gasteiger partial charge in [-0.05, 0) is 25.6 Å². The van der Waals surface area contributed by atoms with E-state index in [4.69, 9.17) is 14.2 Å². The highest BCUT2D eigenvalue weighted by atomic mass is 16.7. The molecule has 0 amide bonds. The quantitative estimate of drug-likeness (QED) is 0.512. The van der Waals surface area contributed by atoms with E-state index in [0.29, 0.717) is 6.61 Å². The standard InChI is InChI=1S/C13H21NO3/c1-14(13(15-2)16-3)10-7-11-17-12-8-5-4-6-9-12/h4-6,8-9,13H,7,10-11H2,1-3H3. The zero-order valence-electron chi connectivity index (χ0n) is 10.8. The van der Waals surface area contributed by atoms with Gasteiger partial charge in [-0.2, -0.15) is 0 Å². The van der Waals surface area contributed by atoms with Gasteiger partial charge in [0, 0.05) is 20.8 Å². The summed E-state index contributed by atoms with van der Waals surface area (Å²) in [6.07, 6.45) is 0.640. The molecule has 0 saturated carbocycles. The summed E-state index contributed by atoms with van der Waals surface area (Å²) in [5.41, 5.74) is 0. The first-order chi connectivity index (χ1) is 8.27. The molecule has 96 valence electrons. The van der Waals surface area contributed by atoms with Gasteiger partial charge in [0.05, 0.1) is 6.61 Å². The largest absolute Gasteiger partial charge is 0.494 e. The molecule has 0 fully saturated rings. The zero-order chi connectivity index (χ0) is 12.5. The van der Waals surface area contributed by atoms with Crippen molar-refractivity contribution < 1.29 is 14.2 Å². The lowest BCUT2D eigenvalue weighted by molar-refractivity contribution is -0.188. The highest BCUT2D eigenvalue weighted by Gasteiger charge is 2.11. The number of ether oxygens (including phenoxy) is 3. The maximum atomic E-state index is 5.60. The van der Waals surface area contributed by atoms with Gasteiger partial charge in [-0.15, -0.1) is 0 Å². The molecule has 0 saturated heterocycles. The Kier molecular flexibility index (Phi) is 6.62. The molecule has 0 N–H and O–H groups in total. The van der Waals surface area contributed by atoms with Crippen molar-refractivity contribution in [2.24, 2.45) is 0 Å². The SMILES string of the molecule is COC(OC)N(C)CCCOc1ccccc1. The van der Waals surface area contributed by atoms with Gasteiger partial charge in [-0.3, -0.25) is 4.90 Å². The minimum Gasteiger partial charge on any atom is -0.494 e. The molecule has 1 aromatic rings. The van der Waals surface area contributed by atoms with Crippen LogP contribution in [0.4, 0.5) is 0 Å². The van der Waals surface area contributed by atoms with Gasteiger partial charge in [-0.1, -0.05) is 18.2 Å². The molecule has 0 aliphatic heterocycles. The van der Waals surface area contributed by atoms with Crippen LogP contribution in [0.1, 0.15) is 6.42 Å². The molecule has 0 spiro atoms. The molecule has 4 nitrogen and oxygen atoms in total. The van der Waals surface area contributed by atoms with Crippen molar-refractivity contribution in [1.82, 2.24) is 4.90 Å². The first kappa shape index (κ1) is 14.0. The van der Waals surface area contributed by atoms with Crippen molar-refractivity contribution in [2.75, 3.05) is 34.4 Å². The van der Waals surface area contributed by atoms with Crippen LogP contribution in [0.3, 0.4) is 0 Å². The van der Waals surface area contributed by atoms with Gasteiger partial charge in [0.15, 0.2) is 0 Å². The molecule has 0 atom stereocenters. The third kappa shape index (κ3) is 5.17. The van der Waals surface area contributed by atoms with Gasteiger partial charge >= 0.3 is 0 Å². The van der Waals surface area contributed by atoms with E-state index in [-0.39, 0.29) is 6.41 Å². The maximum Gasteiger partial charge on any atom is 0.217 e. The average molecular weight is 239 g/mol. The Bertz CT molecular complexity index is 288. The zero-order valence-corrected chi connectivity index (χ0v) is 10.8. The van der Waals surface area contributed by atoms with Crippen LogP contribution in [0.15, 0.2) is 30.3 Å². The Morgan fingerprint density at radius 3 is 2.35 bits per heavy atom. The summed E-state index contributed by atoms with van der Waals surface area (Å²) in [5.74, 6) is 0.908. The van der Waals surface area contributed by atoms with Crippen molar-refractivity contribution in [1.29, 1.82) is 0 Å². The first-order valence-electron chi connectivity index (χ1n) is 5.71. The number of benzene rings is 1. The third-order valence-electron chi connectivity index (χ3n) is 2.43. The van der Waals surface area contributed by atoms with Crippen LogP contribution in [0.2, 0.25) is 0 Å². The summed E-state index contributed by atoms with van der Waals surface area (Å²) in [6.45, 7) is 1.55. The maximum absolute atomic E-state index is 5.60. The van der Waals surface area contributed by atoms with Gasteiger partial charge in [-0.25, -0.2) is 0 Å². The molecule has 0 unspecified atom stereocenters. The third-order valence-corrected chi connectivity index (χ3v) is 2.43. The number of hydrogen-bond acceptors (Lipinski definition) is 4. The number of nitrogens with zero attached hydrogens (tertiary/aromatic N) is 1. The fourth-order valence-electron chi connectivity index (χ4n) is 1.58. The summed E-state index contributed by atoms with van der Waals surface area (Å²) in [5, 5.41) is 0. The fourth-order valence-corrected chi connectivity index (χ4v) is 1.58. The van der Waals surface area contributed by atoms with Gasteiger partial charge in [0.25, 0.3) is 0 Å². The van der Waals surface area contributed by atoms with Crippen molar-refractivity contribution in [3.05, 3.63) is 30.3 Å². The molecule has 0 radical (unpaired) electrons. The van der Waals surface area contributed by atoms with Crippen LogP contribution in [0.5, 0.6) is 5.75 Å². The molecule has 1 aromatic carbocycles. The van der Waals surface area contributed by atoms with E-state index in [0.717, 1.165) is 18.7 Å². The van der Waals surface area contributed by atoms with E-state index in [9.17, 15) is 0 Å². The average Bonchev–Trinajstić information content (AvgIpc) is 2.37. The fraction of sp³-hybridized carbons (Fsp3) is 0.538.